The Morgan fingerprint density at radius 1 is 0.306 bits per heavy atom. The topological polar surface area (TPSA) is 78.9 Å². The Labute approximate surface area is 387 Å². The van der Waals surface area contributed by atoms with E-state index in [2.05, 4.69) is 34.6 Å². The van der Waals surface area contributed by atoms with Crippen LogP contribution in [0.25, 0.3) is 0 Å². The van der Waals surface area contributed by atoms with Crippen molar-refractivity contribution in [3.63, 3.8) is 0 Å². The lowest BCUT2D eigenvalue weighted by molar-refractivity contribution is -0.167. The summed E-state index contributed by atoms with van der Waals surface area (Å²) in [6, 6.07) is 0. The Kier molecular flexibility index (Phi) is 47.6. The van der Waals surface area contributed by atoms with Crippen LogP contribution in [-0.4, -0.2) is 37.2 Å². The van der Waals surface area contributed by atoms with Gasteiger partial charge in [-0.2, -0.15) is 0 Å². The molecule has 0 unspecified atom stereocenters. The Bertz CT molecular complexity index is 947. The predicted molar refractivity (Wildman–Crippen MR) is 266 cm³/mol. The lowest BCUT2D eigenvalue weighted by Gasteiger charge is -2.18. The molecule has 1 atom stereocenters. The number of ether oxygens (including phenoxy) is 3. The van der Waals surface area contributed by atoms with E-state index in [0.29, 0.717) is 19.3 Å². The number of hydrogen-bond donors (Lipinski definition) is 0. The largest absolute Gasteiger partial charge is 0.462 e. The first-order valence-corrected chi connectivity index (χ1v) is 27.7. The Balaban J connectivity index is 4.27. The zero-order valence-electron chi connectivity index (χ0n) is 42.5. The maximum absolute atomic E-state index is 12.8. The quantitative estimate of drug-likeness (QED) is 0.0344. The molecule has 0 N–H and O–H groups in total. The second kappa shape index (κ2) is 48.9. The molecule has 0 aliphatic heterocycles. The fourth-order valence-corrected chi connectivity index (χ4v) is 8.52. The summed E-state index contributed by atoms with van der Waals surface area (Å²) in [6.07, 6.45) is 50.9. The number of hydrogen-bond acceptors (Lipinski definition) is 6. The molecule has 0 heterocycles. The average Bonchev–Trinajstić information content (AvgIpc) is 3.24. The monoisotopic (exact) mass is 877 g/mol. The fraction of sp³-hybridized carbons (Fsp3) is 0.946. The third-order valence-electron chi connectivity index (χ3n) is 12.7. The van der Waals surface area contributed by atoms with Gasteiger partial charge < -0.3 is 14.2 Å². The second-order valence-corrected chi connectivity index (χ2v) is 20.2. The summed E-state index contributed by atoms with van der Waals surface area (Å²) in [5.41, 5.74) is 0. The van der Waals surface area contributed by atoms with Crippen LogP contribution in [0.2, 0.25) is 0 Å². The molecule has 6 nitrogen and oxygen atoms in total. The maximum atomic E-state index is 12.8. The van der Waals surface area contributed by atoms with Gasteiger partial charge in [-0.15, -0.1) is 0 Å². The zero-order chi connectivity index (χ0) is 45.4. The molecule has 0 rings (SSSR count). The van der Waals surface area contributed by atoms with Crippen molar-refractivity contribution in [2.45, 2.75) is 317 Å². The van der Waals surface area contributed by atoms with E-state index in [-0.39, 0.29) is 31.1 Å². The lowest BCUT2D eigenvalue weighted by Crippen LogP contribution is -2.30. The van der Waals surface area contributed by atoms with Gasteiger partial charge in [0.1, 0.15) is 13.2 Å². The minimum absolute atomic E-state index is 0.0630. The van der Waals surface area contributed by atoms with Crippen molar-refractivity contribution < 1.29 is 28.6 Å². The first-order chi connectivity index (χ1) is 30.2. The van der Waals surface area contributed by atoms with Crippen molar-refractivity contribution in [3.05, 3.63) is 0 Å². The van der Waals surface area contributed by atoms with Crippen LogP contribution in [0.1, 0.15) is 311 Å². The normalized spacial score (nSPS) is 12.0. The van der Waals surface area contributed by atoms with Crippen molar-refractivity contribution in [1.29, 1.82) is 0 Å². The van der Waals surface area contributed by atoms with E-state index in [9.17, 15) is 14.4 Å². The highest BCUT2D eigenvalue weighted by molar-refractivity contribution is 5.71. The van der Waals surface area contributed by atoms with Gasteiger partial charge in [0.05, 0.1) is 0 Å². The molecule has 0 fully saturated rings. The zero-order valence-corrected chi connectivity index (χ0v) is 42.5. The minimum Gasteiger partial charge on any atom is -0.462 e. The minimum atomic E-state index is -0.762. The molecule has 0 aromatic heterocycles. The van der Waals surface area contributed by atoms with Crippen molar-refractivity contribution in [2.75, 3.05) is 13.2 Å². The summed E-state index contributed by atoms with van der Waals surface area (Å²) < 4.78 is 16.9. The standard InChI is InChI=1S/C56H108O6/c1-6-7-8-9-10-11-12-21-28-33-38-43-48-56(59)62-53(50-61-55(58)47-42-37-32-27-23-18-20-25-30-35-40-45-52(4)5)49-60-54(57)46-41-36-31-26-22-17-15-13-14-16-19-24-29-34-39-44-51(2)3/h51-53H,6-50H2,1-5H3/t53-/m0/s1. The lowest BCUT2D eigenvalue weighted by atomic mass is 10.0. The van der Waals surface area contributed by atoms with Crippen LogP contribution in [0, 0.1) is 11.8 Å². The number of carbonyl (C=O) groups excluding carboxylic acids is 3. The van der Waals surface area contributed by atoms with E-state index >= 15 is 0 Å². The van der Waals surface area contributed by atoms with E-state index in [1.165, 1.54) is 199 Å². The predicted octanol–water partition coefficient (Wildman–Crippen LogP) is 18.1. The van der Waals surface area contributed by atoms with Crippen LogP contribution in [0.3, 0.4) is 0 Å². The molecule has 0 aromatic rings. The van der Waals surface area contributed by atoms with E-state index < -0.39 is 6.10 Å². The molecule has 0 radical (unpaired) electrons. The maximum Gasteiger partial charge on any atom is 0.306 e. The van der Waals surface area contributed by atoms with Gasteiger partial charge in [-0.05, 0) is 31.1 Å². The molecule has 0 amide bonds. The summed E-state index contributed by atoms with van der Waals surface area (Å²) in [7, 11) is 0. The van der Waals surface area contributed by atoms with Gasteiger partial charge in [0.25, 0.3) is 0 Å². The summed E-state index contributed by atoms with van der Waals surface area (Å²) >= 11 is 0. The summed E-state index contributed by atoms with van der Waals surface area (Å²) in [5.74, 6) is 0.833. The first kappa shape index (κ1) is 60.4. The second-order valence-electron chi connectivity index (χ2n) is 20.2. The molecule has 0 bridgehead atoms. The van der Waals surface area contributed by atoms with Gasteiger partial charge in [-0.25, -0.2) is 0 Å². The van der Waals surface area contributed by atoms with Crippen LogP contribution in [-0.2, 0) is 28.6 Å². The van der Waals surface area contributed by atoms with Gasteiger partial charge >= 0.3 is 17.9 Å². The smallest absolute Gasteiger partial charge is 0.306 e. The SMILES string of the molecule is CCCCCCCCCCCCCCC(=O)O[C@@H](COC(=O)CCCCCCCCCCCCCCCCCC(C)C)COC(=O)CCCCCCCCCCCCCC(C)C. The molecular weight excluding hydrogens is 769 g/mol. The van der Waals surface area contributed by atoms with Crippen molar-refractivity contribution in [1.82, 2.24) is 0 Å². The molecule has 0 aromatic carbocycles. The molecule has 0 aliphatic carbocycles. The van der Waals surface area contributed by atoms with Crippen LogP contribution in [0.5, 0.6) is 0 Å². The summed E-state index contributed by atoms with van der Waals surface area (Å²) in [5, 5.41) is 0. The highest BCUT2D eigenvalue weighted by Gasteiger charge is 2.19. The van der Waals surface area contributed by atoms with Crippen LogP contribution >= 0.6 is 0 Å². The highest BCUT2D eigenvalue weighted by Crippen LogP contribution is 2.18. The molecular formula is C56H108O6. The number of carbonyl (C=O) groups is 3. The van der Waals surface area contributed by atoms with Gasteiger partial charge in [-0.3, -0.25) is 14.4 Å². The fourth-order valence-electron chi connectivity index (χ4n) is 8.52. The van der Waals surface area contributed by atoms with Crippen LogP contribution in [0.15, 0.2) is 0 Å². The van der Waals surface area contributed by atoms with E-state index in [1.807, 2.05) is 0 Å². The van der Waals surface area contributed by atoms with Gasteiger partial charge in [0.2, 0.25) is 0 Å². The number of rotatable bonds is 50. The van der Waals surface area contributed by atoms with Crippen molar-refractivity contribution >= 4 is 17.9 Å². The van der Waals surface area contributed by atoms with E-state index in [4.69, 9.17) is 14.2 Å². The molecule has 0 aliphatic rings. The van der Waals surface area contributed by atoms with Gasteiger partial charge in [-0.1, -0.05) is 272 Å². The Morgan fingerprint density at radius 2 is 0.532 bits per heavy atom. The summed E-state index contributed by atoms with van der Waals surface area (Å²) in [6.45, 7) is 11.4. The molecule has 0 saturated heterocycles. The Hall–Kier alpha value is -1.59. The Morgan fingerprint density at radius 3 is 0.790 bits per heavy atom. The molecule has 0 spiro atoms. The van der Waals surface area contributed by atoms with Gasteiger partial charge in [0, 0.05) is 19.3 Å². The van der Waals surface area contributed by atoms with Crippen LogP contribution in [0.4, 0.5) is 0 Å². The average molecular weight is 877 g/mol. The van der Waals surface area contributed by atoms with E-state index in [0.717, 1.165) is 69.6 Å². The number of esters is 3. The third-order valence-corrected chi connectivity index (χ3v) is 12.7. The molecule has 6 heteroatoms. The third kappa shape index (κ3) is 49.4. The highest BCUT2D eigenvalue weighted by atomic mass is 16.6. The van der Waals surface area contributed by atoms with Gasteiger partial charge in [0.15, 0.2) is 6.10 Å². The van der Waals surface area contributed by atoms with Crippen molar-refractivity contribution in [2.24, 2.45) is 11.8 Å². The number of unbranched alkanes of at least 4 members (excludes halogenated alkanes) is 35. The molecule has 0 saturated carbocycles. The first-order valence-electron chi connectivity index (χ1n) is 27.7. The van der Waals surface area contributed by atoms with Crippen LogP contribution < -0.4 is 0 Å². The molecule has 62 heavy (non-hydrogen) atoms. The van der Waals surface area contributed by atoms with Crippen molar-refractivity contribution in [3.8, 4) is 0 Å². The van der Waals surface area contributed by atoms with E-state index in [1.54, 1.807) is 0 Å². The molecule has 368 valence electrons. The summed E-state index contributed by atoms with van der Waals surface area (Å²) in [4.78, 5) is 38.0.